The van der Waals surface area contributed by atoms with E-state index in [2.05, 4.69) is 20.5 Å². The molecule has 0 atom stereocenters. The van der Waals surface area contributed by atoms with Gasteiger partial charge in [0.05, 0.1) is 20.3 Å². The number of hydrazone groups is 1. The Kier molecular flexibility index (Phi) is 4.11. The fourth-order valence-corrected chi connectivity index (χ4v) is 1.70. The molecule has 0 bridgehead atoms. The highest BCUT2D eigenvalue weighted by molar-refractivity contribution is 5.93. The molecule has 0 spiro atoms. The number of carbonyl (C=O) groups excluding carboxylic acids is 1. The molecule has 2 aromatic rings. The van der Waals surface area contributed by atoms with Crippen molar-refractivity contribution in [3.63, 3.8) is 0 Å². The van der Waals surface area contributed by atoms with Gasteiger partial charge in [-0.25, -0.2) is 14.6 Å². The Labute approximate surface area is 127 Å². The second kappa shape index (κ2) is 6.00. The molecule has 0 fully saturated rings. The van der Waals surface area contributed by atoms with E-state index in [0.29, 0.717) is 0 Å². The van der Waals surface area contributed by atoms with Gasteiger partial charge in [0.15, 0.2) is 11.9 Å². The van der Waals surface area contributed by atoms with Crippen LogP contribution < -0.4 is 5.43 Å². The second-order valence-corrected chi connectivity index (χ2v) is 4.26. The molecule has 13 nitrogen and oxygen atoms in total. The first-order chi connectivity index (χ1) is 10.8. The van der Waals surface area contributed by atoms with Gasteiger partial charge in [-0.15, -0.1) is 0 Å². The molecule has 0 aliphatic rings. The Morgan fingerprint density at radius 3 is 2.26 bits per heavy atom. The molecule has 120 valence electrons. The van der Waals surface area contributed by atoms with Crippen LogP contribution in [0.4, 0.5) is 11.9 Å². The van der Waals surface area contributed by atoms with E-state index < -0.39 is 21.7 Å². The van der Waals surface area contributed by atoms with Crippen molar-refractivity contribution in [3.8, 4) is 0 Å². The lowest BCUT2D eigenvalue weighted by Gasteiger charge is -1.98. The average molecular weight is 322 g/mol. The molecule has 0 aromatic carbocycles. The van der Waals surface area contributed by atoms with Gasteiger partial charge in [-0.3, -0.25) is 4.79 Å². The topological polar surface area (TPSA) is 163 Å². The van der Waals surface area contributed by atoms with E-state index in [9.17, 15) is 25.0 Å². The lowest BCUT2D eigenvalue weighted by molar-refractivity contribution is -0.396. The third-order valence-electron chi connectivity index (χ3n) is 2.89. The van der Waals surface area contributed by atoms with Crippen molar-refractivity contribution >= 4 is 24.0 Å². The zero-order valence-electron chi connectivity index (χ0n) is 11.9. The molecule has 2 rings (SSSR count). The summed E-state index contributed by atoms with van der Waals surface area (Å²) in [6.45, 7) is 0. The van der Waals surface area contributed by atoms with Crippen LogP contribution >= 0.6 is 0 Å². The number of aromatic nitrogens is 4. The average Bonchev–Trinajstić information content (AvgIpc) is 3.02. The number of rotatable bonds is 5. The summed E-state index contributed by atoms with van der Waals surface area (Å²) >= 11 is 0. The van der Waals surface area contributed by atoms with Crippen LogP contribution in [-0.4, -0.2) is 41.1 Å². The fraction of sp³-hybridized carbons (Fsp3) is 0.200. The Morgan fingerprint density at radius 1 is 1.17 bits per heavy atom. The Balaban J connectivity index is 2.10. The van der Waals surface area contributed by atoms with Gasteiger partial charge in [0.2, 0.25) is 5.69 Å². The predicted molar refractivity (Wildman–Crippen MR) is 74.8 cm³/mol. The number of carbonyl (C=O) groups is 1. The van der Waals surface area contributed by atoms with E-state index in [1.54, 1.807) is 0 Å². The zero-order chi connectivity index (χ0) is 17.1. The molecule has 0 saturated carbocycles. The van der Waals surface area contributed by atoms with Gasteiger partial charge in [-0.1, -0.05) is 9.97 Å². The van der Waals surface area contributed by atoms with Crippen LogP contribution in [-0.2, 0) is 14.1 Å². The van der Waals surface area contributed by atoms with Gasteiger partial charge >= 0.3 is 17.8 Å². The minimum absolute atomic E-state index is 0.0650. The number of hydrogen-bond acceptors (Lipinski definition) is 8. The SMILES string of the molecule is Cn1c(/C=N/NC(=O)c2cnc([N+](=O)[O-])n2C)cnc1[N+](=O)[O-]. The number of nitro groups is 2. The van der Waals surface area contributed by atoms with E-state index in [1.807, 2.05) is 0 Å². The van der Waals surface area contributed by atoms with Crippen molar-refractivity contribution in [1.82, 2.24) is 24.5 Å². The quantitative estimate of drug-likeness (QED) is 0.449. The largest absolute Gasteiger partial charge is 0.434 e. The molecule has 0 saturated heterocycles. The predicted octanol–water partition coefficient (Wildman–Crippen LogP) is -0.266. The molecule has 1 N–H and O–H groups in total. The summed E-state index contributed by atoms with van der Waals surface area (Å²) in [6, 6.07) is 0. The highest BCUT2D eigenvalue weighted by atomic mass is 16.6. The molecule has 2 heterocycles. The van der Waals surface area contributed by atoms with Crippen LogP contribution in [0.3, 0.4) is 0 Å². The third-order valence-corrected chi connectivity index (χ3v) is 2.89. The van der Waals surface area contributed by atoms with E-state index in [4.69, 9.17) is 0 Å². The van der Waals surface area contributed by atoms with Gasteiger partial charge in [0, 0.05) is 0 Å². The molecule has 0 aliphatic heterocycles. The molecule has 0 aliphatic carbocycles. The van der Waals surface area contributed by atoms with Crippen molar-refractivity contribution in [2.75, 3.05) is 0 Å². The van der Waals surface area contributed by atoms with Gasteiger partial charge in [0.25, 0.3) is 0 Å². The second-order valence-electron chi connectivity index (χ2n) is 4.26. The first kappa shape index (κ1) is 15.7. The Bertz CT molecular complexity index is 819. The molecule has 23 heavy (non-hydrogen) atoms. The van der Waals surface area contributed by atoms with Crippen LogP contribution in [0.15, 0.2) is 17.5 Å². The standard InChI is InChI=1S/C10H10N8O5/c1-15-6(3-11-9(15)17(20)21)4-13-14-8(19)7-5-12-10(16(7)2)18(22)23/h3-5H,1-2H3,(H,14,19)/b13-4+. The van der Waals surface area contributed by atoms with E-state index in [0.717, 1.165) is 17.0 Å². The first-order valence-corrected chi connectivity index (χ1v) is 5.98. The third kappa shape index (κ3) is 3.02. The Hall–Kier alpha value is -3.64. The summed E-state index contributed by atoms with van der Waals surface area (Å²) in [6.07, 6.45) is 3.41. The van der Waals surface area contributed by atoms with Crippen molar-refractivity contribution in [3.05, 3.63) is 44.0 Å². The lowest BCUT2D eigenvalue weighted by Crippen LogP contribution is -2.21. The Morgan fingerprint density at radius 2 is 1.74 bits per heavy atom. The summed E-state index contributed by atoms with van der Waals surface area (Å²) in [5, 5.41) is 24.9. The molecule has 2 aromatic heterocycles. The van der Waals surface area contributed by atoms with Crippen LogP contribution in [0, 0.1) is 20.2 Å². The van der Waals surface area contributed by atoms with Crippen molar-refractivity contribution in [2.24, 2.45) is 19.2 Å². The number of hydrogen-bond donors (Lipinski definition) is 1. The molecular weight excluding hydrogens is 312 g/mol. The summed E-state index contributed by atoms with van der Waals surface area (Å²) in [5.74, 6) is -1.58. The van der Waals surface area contributed by atoms with Crippen LogP contribution in [0.2, 0.25) is 0 Å². The van der Waals surface area contributed by atoms with Crippen molar-refractivity contribution in [1.29, 1.82) is 0 Å². The van der Waals surface area contributed by atoms with Crippen LogP contribution in [0.1, 0.15) is 16.2 Å². The number of imidazole rings is 2. The van der Waals surface area contributed by atoms with Crippen molar-refractivity contribution in [2.45, 2.75) is 0 Å². The minimum atomic E-state index is -0.727. The molecular formula is C10H10N8O5. The molecule has 0 radical (unpaired) electrons. The summed E-state index contributed by atoms with van der Waals surface area (Å²) < 4.78 is 2.17. The number of amides is 1. The molecule has 13 heteroatoms. The first-order valence-electron chi connectivity index (χ1n) is 5.98. The highest BCUT2D eigenvalue weighted by Gasteiger charge is 2.22. The molecule has 0 unspecified atom stereocenters. The fourth-order valence-electron chi connectivity index (χ4n) is 1.70. The smallest absolute Gasteiger partial charge is 0.390 e. The van der Waals surface area contributed by atoms with Gasteiger partial charge in [0.1, 0.15) is 6.20 Å². The van der Waals surface area contributed by atoms with Crippen molar-refractivity contribution < 1.29 is 14.6 Å². The monoisotopic (exact) mass is 322 g/mol. The highest BCUT2D eigenvalue weighted by Crippen LogP contribution is 2.10. The van der Waals surface area contributed by atoms with Gasteiger partial charge < -0.3 is 20.2 Å². The maximum Gasteiger partial charge on any atom is 0.434 e. The summed E-state index contributed by atoms with van der Waals surface area (Å²) in [7, 11) is 2.73. The van der Waals surface area contributed by atoms with Gasteiger partial charge in [-0.2, -0.15) is 5.10 Å². The lowest BCUT2D eigenvalue weighted by atomic mass is 10.4. The number of nitrogens with zero attached hydrogens (tertiary/aromatic N) is 7. The summed E-state index contributed by atoms with van der Waals surface area (Å²) in [5.41, 5.74) is 2.36. The maximum absolute atomic E-state index is 11.9. The molecule has 1 amide bonds. The van der Waals surface area contributed by atoms with Gasteiger partial charge in [-0.05, 0) is 9.85 Å². The van der Waals surface area contributed by atoms with Crippen LogP contribution in [0.5, 0.6) is 0 Å². The number of nitrogens with one attached hydrogen (secondary N) is 1. The normalized spacial score (nSPS) is 10.9. The maximum atomic E-state index is 11.9. The summed E-state index contributed by atoms with van der Waals surface area (Å²) in [4.78, 5) is 38.8. The van der Waals surface area contributed by atoms with Crippen LogP contribution in [0.25, 0.3) is 0 Å². The van der Waals surface area contributed by atoms with E-state index in [-0.39, 0.29) is 17.3 Å². The van der Waals surface area contributed by atoms with E-state index in [1.165, 1.54) is 24.9 Å². The zero-order valence-corrected chi connectivity index (χ0v) is 11.9. The minimum Gasteiger partial charge on any atom is -0.390 e. The van der Waals surface area contributed by atoms with E-state index >= 15 is 0 Å².